The van der Waals surface area contributed by atoms with Gasteiger partial charge in [0.1, 0.15) is 11.6 Å². The molecule has 0 bridgehead atoms. The second kappa shape index (κ2) is 6.06. The van der Waals surface area contributed by atoms with Crippen LogP contribution in [0.5, 0.6) is 0 Å². The molecule has 0 amide bonds. The zero-order valence-corrected chi connectivity index (χ0v) is 13.6. The monoisotopic (exact) mass is 343 g/mol. The lowest BCUT2D eigenvalue weighted by Gasteiger charge is -2.08. The molecule has 1 aromatic carbocycles. The van der Waals surface area contributed by atoms with Crippen molar-refractivity contribution in [2.45, 2.75) is 20.8 Å². The normalized spacial score (nSPS) is 11.3. The molecule has 0 aliphatic heterocycles. The Bertz CT molecular complexity index is 811. The number of aryl methyl sites for hydroxylation is 2. The van der Waals surface area contributed by atoms with Crippen molar-refractivity contribution in [2.24, 2.45) is 5.10 Å². The van der Waals surface area contributed by atoms with Crippen LogP contribution in [0.4, 0.5) is 0 Å². The maximum atomic E-state index is 12.3. The van der Waals surface area contributed by atoms with Crippen LogP contribution in [0.3, 0.4) is 0 Å². The minimum atomic E-state index is -0.383. The number of nitrogens with zero attached hydrogens (tertiary/aromatic N) is 3. The van der Waals surface area contributed by atoms with E-state index in [0.29, 0.717) is 17.0 Å². The van der Waals surface area contributed by atoms with Crippen LogP contribution in [-0.2, 0) is 0 Å². The molecule has 0 atom stereocenters. The van der Waals surface area contributed by atoms with Crippen LogP contribution in [0.15, 0.2) is 44.7 Å². The third-order valence-electron chi connectivity index (χ3n) is 3.18. The average molecular weight is 344 g/mol. The lowest BCUT2D eigenvalue weighted by atomic mass is 10.1. The van der Waals surface area contributed by atoms with Gasteiger partial charge in [0.2, 0.25) is 0 Å². The van der Waals surface area contributed by atoms with Gasteiger partial charge in [0.05, 0.1) is 5.71 Å². The first-order valence-electron chi connectivity index (χ1n) is 6.39. The van der Waals surface area contributed by atoms with E-state index < -0.39 is 0 Å². The van der Waals surface area contributed by atoms with Crippen LogP contribution in [0, 0.1) is 25.2 Å². The van der Waals surface area contributed by atoms with Crippen molar-refractivity contribution in [3.63, 3.8) is 0 Å². The second-order valence-electron chi connectivity index (χ2n) is 4.76. The Morgan fingerprint density at radius 1 is 1.29 bits per heavy atom. The molecule has 0 spiro atoms. The molecule has 2 rings (SSSR count). The number of aromatic nitrogens is 1. The Kier molecular flexibility index (Phi) is 4.39. The molecule has 21 heavy (non-hydrogen) atoms. The van der Waals surface area contributed by atoms with Gasteiger partial charge in [-0.05, 0) is 50.1 Å². The lowest BCUT2D eigenvalue weighted by Crippen LogP contribution is -2.23. The Balaban J connectivity index is 2.58. The van der Waals surface area contributed by atoms with E-state index in [0.717, 1.165) is 10.0 Å². The van der Waals surface area contributed by atoms with Gasteiger partial charge in [-0.15, -0.1) is 0 Å². The van der Waals surface area contributed by atoms with Crippen molar-refractivity contribution in [3.8, 4) is 6.07 Å². The van der Waals surface area contributed by atoms with Gasteiger partial charge in [0.25, 0.3) is 5.56 Å². The van der Waals surface area contributed by atoms with Crippen molar-refractivity contribution < 1.29 is 0 Å². The van der Waals surface area contributed by atoms with E-state index >= 15 is 0 Å². The van der Waals surface area contributed by atoms with E-state index in [4.69, 9.17) is 5.26 Å². The third kappa shape index (κ3) is 3.11. The van der Waals surface area contributed by atoms with Crippen molar-refractivity contribution >= 4 is 21.6 Å². The molecule has 5 heteroatoms. The van der Waals surface area contributed by atoms with Gasteiger partial charge in [-0.1, -0.05) is 28.1 Å². The molecule has 0 radical (unpaired) electrons. The standard InChI is InChI=1S/C16H14BrN3O/c1-10-8-11(2)20(16(21)15(10)9-18)19-12(3)13-4-6-14(17)7-5-13/h4-8H,1-3H3/b19-12+. The summed E-state index contributed by atoms with van der Waals surface area (Å²) in [6.07, 6.45) is 0. The van der Waals surface area contributed by atoms with Crippen LogP contribution < -0.4 is 5.56 Å². The minimum Gasteiger partial charge on any atom is -0.266 e. The highest BCUT2D eigenvalue weighted by Gasteiger charge is 2.10. The summed E-state index contributed by atoms with van der Waals surface area (Å²) in [4.78, 5) is 12.3. The first kappa shape index (κ1) is 15.2. The van der Waals surface area contributed by atoms with E-state index in [1.165, 1.54) is 4.68 Å². The van der Waals surface area contributed by atoms with E-state index in [9.17, 15) is 4.79 Å². The summed E-state index contributed by atoms with van der Waals surface area (Å²) in [7, 11) is 0. The topological polar surface area (TPSA) is 58.1 Å². The molecule has 106 valence electrons. The van der Waals surface area contributed by atoms with Gasteiger partial charge in [0.15, 0.2) is 0 Å². The first-order valence-corrected chi connectivity index (χ1v) is 7.18. The summed E-state index contributed by atoms with van der Waals surface area (Å²) in [5.41, 5.74) is 2.75. The van der Waals surface area contributed by atoms with Gasteiger partial charge in [-0.2, -0.15) is 10.4 Å². The molecular weight excluding hydrogens is 330 g/mol. The molecule has 4 nitrogen and oxygen atoms in total. The van der Waals surface area contributed by atoms with Crippen LogP contribution in [0.25, 0.3) is 0 Å². The Morgan fingerprint density at radius 2 is 1.90 bits per heavy atom. The molecule has 0 N–H and O–H groups in total. The quantitative estimate of drug-likeness (QED) is 0.785. The van der Waals surface area contributed by atoms with Crippen LogP contribution in [0.2, 0.25) is 0 Å². The fourth-order valence-corrected chi connectivity index (χ4v) is 2.30. The number of hydrogen-bond donors (Lipinski definition) is 0. The number of hydrogen-bond acceptors (Lipinski definition) is 3. The molecule has 0 unspecified atom stereocenters. The highest BCUT2D eigenvalue weighted by molar-refractivity contribution is 9.10. The van der Waals surface area contributed by atoms with E-state index in [1.54, 1.807) is 19.9 Å². The van der Waals surface area contributed by atoms with E-state index in [1.807, 2.05) is 37.3 Å². The SMILES string of the molecule is C/C(=N\n1c(C)cc(C)c(C#N)c1=O)c1ccc(Br)cc1. The number of benzene rings is 1. The second-order valence-corrected chi connectivity index (χ2v) is 5.68. The average Bonchev–Trinajstić information content (AvgIpc) is 2.44. The molecule has 0 fully saturated rings. The Morgan fingerprint density at radius 3 is 2.48 bits per heavy atom. The zero-order chi connectivity index (χ0) is 15.6. The minimum absolute atomic E-state index is 0.132. The maximum Gasteiger partial charge on any atom is 0.289 e. The number of pyridine rings is 1. The van der Waals surface area contributed by atoms with Gasteiger partial charge in [-0.3, -0.25) is 4.79 Å². The maximum absolute atomic E-state index is 12.3. The van der Waals surface area contributed by atoms with Crippen molar-refractivity contribution in [1.29, 1.82) is 5.26 Å². The predicted molar refractivity (Wildman–Crippen MR) is 86.6 cm³/mol. The predicted octanol–water partition coefficient (Wildman–Crippen LogP) is 3.37. The summed E-state index contributed by atoms with van der Waals surface area (Å²) in [6, 6.07) is 11.4. The fraction of sp³-hybridized carbons (Fsp3) is 0.188. The van der Waals surface area contributed by atoms with E-state index in [2.05, 4.69) is 21.0 Å². The molecular formula is C16H14BrN3O. The number of rotatable bonds is 2. The first-order chi connectivity index (χ1) is 9.93. The molecule has 1 aromatic heterocycles. The Hall–Kier alpha value is -2.19. The van der Waals surface area contributed by atoms with Crippen molar-refractivity contribution in [3.05, 3.63) is 67.5 Å². The molecule has 0 saturated carbocycles. The van der Waals surface area contributed by atoms with Crippen LogP contribution >= 0.6 is 15.9 Å². The fourth-order valence-electron chi connectivity index (χ4n) is 2.04. The highest BCUT2D eigenvalue weighted by Crippen LogP contribution is 2.12. The lowest BCUT2D eigenvalue weighted by molar-refractivity contribution is 0.781. The van der Waals surface area contributed by atoms with E-state index in [-0.39, 0.29) is 11.1 Å². The van der Waals surface area contributed by atoms with Crippen LogP contribution in [-0.4, -0.2) is 10.4 Å². The van der Waals surface area contributed by atoms with Gasteiger partial charge < -0.3 is 0 Å². The molecule has 0 aliphatic carbocycles. The summed E-state index contributed by atoms with van der Waals surface area (Å²) in [5.74, 6) is 0. The summed E-state index contributed by atoms with van der Waals surface area (Å²) in [5, 5.41) is 13.4. The molecule has 0 aliphatic rings. The summed E-state index contributed by atoms with van der Waals surface area (Å²) < 4.78 is 2.26. The number of halogens is 1. The third-order valence-corrected chi connectivity index (χ3v) is 3.71. The van der Waals surface area contributed by atoms with Crippen molar-refractivity contribution in [1.82, 2.24) is 4.68 Å². The summed E-state index contributed by atoms with van der Waals surface area (Å²) in [6.45, 7) is 5.39. The largest absolute Gasteiger partial charge is 0.289 e. The van der Waals surface area contributed by atoms with Gasteiger partial charge >= 0.3 is 0 Å². The zero-order valence-electron chi connectivity index (χ0n) is 12.0. The summed E-state index contributed by atoms with van der Waals surface area (Å²) >= 11 is 3.38. The number of nitriles is 1. The van der Waals surface area contributed by atoms with Gasteiger partial charge in [-0.25, -0.2) is 4.68 Å². The van der Waals surface area contributed by atoms with Crippen molar-refractivity contribution in [2.75, 3.05) is 0 Å². The molecule has 0 saturated heterocycles. The Labute approximate surface area is 131 Å². The van der Waals surface area contributed by atoms with Crippen LogP contribution in [0.1, 0.15) is 29.3 Å². The molecule has 2 aromatic rings. The highest BCUT2D eigenvalue weighted by atomic mass is 79.9. The van der Waals surface area contributed by atoms with Gasteiger partial charge in [0, 0.05) is 10.2 Å². The smallest absolute Gasteiger partial charge is 0.266 e. The molecule has 1 heterocycles.